The number of ether oxygens (including phenoxy) is 4. The van der Waals surface area contributed by atoms with Gasteiger partial charge in [-0.15, -0.1) is 0 Å². The highest BCUT2D eigenvalue weighted by atomic mass is 19.3. The van der Waals surface area contributed by atoms with E-state index >= 15 is 0 Å². The number of amides is 2. The number of hydrogen-bond acceptors (Lipinski definition) is 5. The SMILES string of the molecule is O=C(NCCOc1ccc2c(c1)OCO2)NCc1ccc(OC(F)F)cc1. The average molecular weight is 380 g/mol. The zero-order valence-corrected chi connectivity index (χ0v) is 14.2. The molecule has 0 radical (unpaired) electrons. The lowest BCUT2D eigenvalue weighted by atomic mass is 10.2. The molecule has 0 unspecified atom stereocenters. The van der Waals surface area contributed by atoms with E-state index in [1.54, 1.807) is 30.3 Å². The van der Waals surface area contributed by atoms with Crippen molar-refractivity contribution < 1.29 is 32.5 Å². The molecular weight excluding hydrogens is 362 g/mol. The van der Waals surface area contributed by atoms with E-state index in [4.69, 9.17) is 14.2 Å². The van der Waals surface area contributed by atoms with Gasteiger partial charge in [0.15, 0.2) is 11.5 Å². The lowest BCUT2D eigenvalue weighted by Gasteiger charge is -2.10. The van der Waals surface area contributed by atoms with E-state index in [0.29, 0.717) is 23.8 Å². The summed E-state index contributed by atoms with van der Waals surface area (Å²) in [6.45, 7) is -1.82. The number of benzene rings is 2. The summed E-state index contributed by atoms with van der Waals surface area (Å²) in [7, 11) is 0. The molecule has 0 saturated heterocycles. The van der Waals surface area contributed by atoms with Gasteiger partial charge >= 0.3 is 12.6 Å². The van der Waals surface area contributed by atoms with E-state index in [9.17, 15) is 13.6 Å². The lowest BCUT2D eigenvalue weighted by Crippen LogP contribution is -2.37. The highest BCUT2D eigenvalue weighted by Gasteiger charge is 2.13. The van der Waals surface area contributed by atoms with Crippen molar-refractivity contribution in [2.24, 2.45) is 0 Å². The highest BCUT2D eigenvalue weighted by molar-refractivity contribution is 5.73. The fourth-order valence-corrected chi connectivity index (χ4v) is 2.33. The summed E-state index contributed by atoms with van der Waals surface area (Å²) in [5, 5.41) is 5.32. The van der Waals surface area contributed by atoms with Gasteiger partial charge in [-0.05, 0) is 29.8 Å². The Kier molecular flexibility index (Phi) is 6.14. The van der Waals surface area contributed by atoms with E-state index in [1.807, 2.05) is 0 Å². The Labute approximate surface area is 154 Å². The molecule has 144 valence electrons. The van der Waals surface area contributed by atoms with Crippen molar-refractivity contribution in [1.82, 2.24) is 10.6 Å². The van der Waals surface area contributed by atoms with Gasteiger partial charge in [0.1, 0.15) is 18.1 Å². The van der Waals surface area contributed by atoms with Crippen LogP contribution < -0.4 is 29.6 Å². The van der Waals surface area contributed by atoms with Crippen LogP contribution in [0, 0.1) is 0 Å². The molecule has 2 amide bonds. The molecule has 0 fully saturated rings. The van der Waals surface area contributed by atoms with E-state index in [0.717, 1.165) is 5.56 Å². The maximum absolute atomic E-state index is 12.1. The first-order chi connectivity index (χ1) is 13.1. The number of alkyl halides is 2. The van der Waals surface area contributed by atoms with Gasteiger partial charge in [-0.2, -0.15) is 8.78 Å². The van der Waals surface area contributed by atoms with Gasteiger partial charge in [0, 0.05) is 12.6 Å². The third-order valence-electron chi connectivity index (χ3n) is 3.60. The first kappa shape index (κ1) is 18.6. The van der Waals surface area contributed by atoms with Crippen molar-refractivity contribution in [3.05, 3.63) is 48.0 Å². The molecule has 0 saturated carbocycles. The zero-order valence-electron chi connectivity index (χ0n) is 14.2. The topological polar surface area (TPSA) is 78.1 Å². The quantitative estimate of drug-likeness (QED) is 0.689. The maximum Gasteiger partial charge on any atom is 0.387 e. The van der Waals surface area contributed by atoms with E-state index in [2.05, 4.69) is 15.4 Å². The molecule has 9 heteroatoms. The van der Waals surface area contributed by atoms with Crippen LogP contribution in [0.3, 0.4) is 0 Å². The molecule has 0 atom stereocenters. The summed E-state index contributed by atoms with van der Waals surface area (Å²) >= 11 is 0. The number of rotatable bonds is 8. The van der Waals surface area contributed by atoms with Crippen LogP contribution in [0.1, 0.15) is 5.56 Å². The molecular formula is C18H18F2N2O5. The number of halogens is 2. The number of nitrogens with one attached hydrogen (secondary N) is 2. The van der Waals surface area contributed by atoms with E-state index in [1.165, 1.54) is 12.1 Å². The molecule has 0 aliphatic carbocycles. The van der Waals surface area contributed by atoms with Crippen molar-refractivity contribution in [3.63, 3.8) is 0 Å². The minimum Gasteiger partial charge on any atom is -0.492 e. The van der Waals surface area contributed by atoms with Gasteiger partial charge in [0.05, 0.1) is 6.54 Å². The number of urea groups is 1. The van der Waals surface area contributed by atoms with Crippen molar-refractivity contribution in [2.75, 3.05) is 19.9 Å². The summed E-state index contributed by atoms with van der Waals surface area (Å²) in [6.07, 6.45) is 0. The molecule has 1 heterocycles. The predicted octanol–water partition coefficient (Wildman–Crippen LogP) is 2.89. The van der Waals surface area contributed by atoms with Gasteiger partial charge in [-0.1, -0.05) is 12.1 Å². The molecule has 0 spiro atoms. The van der Waals surface area contributed by atoms with Crippen molar-refractivity contribution in [3.8, 4) is 23.0 Å². The van der Waals surface area contributed by atoms with Crippen LogP contribution in [0.5, 0.6) is 23.0 Å². The fourth-order valence-electron chi connectivity index (χ4n) is 2.33. The van der Waals surface area contributed by atoms with Gasteiger partial charge in [-0.3, -0.25) is 0 Å². The molecule has 2 aromatic carbocycles. The number of carbonyl (C=O) groups excluding carboxylic acids is 1. The van der Waals surface area contributed by atoms with Crippen molar-refractivity contribution in [1.29, 1.82) is 0 Å². The Morgan fingerprint density at radius 2 is 1.78 bits per heavy atom. The van der Waals surface area contributed by atoms with Gasteiger partial charge in [-0.25, -0.2) is 4.79 Å². The Bertz CT molecular complexity index is 771. The molecule has 1 aliphatic heterocycles. The summed E-state index contributed by atoms with van der Waals surface area (Å²) in [6, 6.07) is 10.9. The first-order valence-electron chi connectivity index (χ1n) is 8.18. The average Bonchev–Trinajstić information content (AvgIpc) is 3.12. The van der Waals surface area contributed by atoms with Crippen LogP contribution in [0.15, 0.2) is 42.5 Å². The molecule has 7 nitrogen and oxygen atoms in total. The van der Waals surface area contributed by atoms with Crippen molar-refractivity contribution in [2.45, 2.75) is 13.2 Å². The molecule has 0 bridgehead atoms. The highest BCUT2D eigenvalue weighted by Crippen LogP contribution is 2.34. The minimum atomic E-state index is -2.86. The first-order valence-corrected chi connectivity index (χ1v) is 8.18. The smallest absolute Gasteiger partial charge is 0.387 e. The van der Waals surface area contributed by atoms with Crippen LogP contribution in [0.25, 0.3) is 0 Å². The molecule has 1 aliphatic rings. The predicted molar refractivity (Wildman–Crippen MR) is 91.4 cm³/mol. The standard InChI is InChI=1S/C18H18F2N2O5/c19-17(20)27-13-3-1-12(2-4-13)10-22-18(23)21-7-8-24-14-5-6-15-16(9-14)26-11-25-15/h1-6,9,17H,7-8,10-11H2,(H2,21,22,23). The lowest BCUT2D eigenvalue weighted by molar-refractivity contribution is -0.0498. The summed E-state index contributed by atoms with van der Waals surface area (Å²) in [5.41, 5.74) is 0.753. The second kappa shape index (κ2) is 8.93. The van der Waals surface area contributed by atoms with E-state index in [-0.39, 0.29) is 31.7 Å². The Morgan fingerprint density at radius 1 is 1.04 bits per heavy atom. The summed E-state index contributed by atoms with van der Waals surface area (Å²) in [4.78, 5) is 11.8. The Morgan fingerprint density at radius 3 is 2.56 bits per heavy atom. The summed E-state index contributed by atoms with van der Waals surface area (Å²) < 4.78 is 44.4. The Balaban J connectivity index is 1.32. The van der Waals surface area contributed by atoms with Gasteiger partial charge in [0.2, 0.25) is 6.79 Å². The molecule has 27 heavy (non-hydrogen) atoms. The van der Waals surface area contributed by atoms with Gasteiger partial charge < -0.3 is 29.6 Å². The normalized spacial score (nSPS) is 12.0. The van der Waals surface area contributed by atoms with Crippen LogP contribution in [-0.2, 0) is 6.54 Å². The van der Waals surface area contributed by atoms with Crippen LogP contribution >= 0.6 is 0 Å². The molecule has 3 rings (SSSR count). The number of carbonyl (C=O) groups is 1. The molecule has 0 aromatic heterocycles. The van der Waals surface area contributed by atoms with Gasteiger partial charge in [0.25, 0.3) is 0 Å². The van der Waals surface area contributed by atoms with E-state index < -0.39 is 6.61 Å². The Hall–Kier alpha value is -3.23. The molecule has 2 aromatic rings. The maximum atomic E-state index is 12.1. The van der Waals surface area contributed by atoms with Crippen LogP contribution in [-0.4, -0.2) is 32.6 Å². The summed E-state index contributed by atoms with van der Waals surface area (Å²) in [5.74, 6) is 1.99. The monoisotopic (exact) mass is 380 g/mol. The van der Waals surface area contributed by atoms with Crippen molar-refractivity contribution >= 4 is 6.03 Å². The second-order valence-corrected chi connectivity index (χ2v) is 5.50. The minimum absolute atomic E-state index is 0.0684. The largest absolute Gasteiger partial charge is 0.492 e. The fraction of sp³-hybridized carbons (Fsp3) is 0.278. The third-order valence-corrected chi connectivity index (χ3v) is 3.60. The van der Waals surface area contributed by atoms with Crippen LogP contribution in [0.2, 0.25) is 0 Å². The molecule has 2 N–H and O–H groups in total. The van der Waals surface area contributed by atoms with Crippen LogP contribution in [0.4, 0.5) is 13.6 Å². The number of hydrogen-bond donors (Lipinski definition) is 2. The third kappa shape index (κ3) is 5.63. The second-order valence-electron chi connectivity index (χ2n) is 5.50. The zero-order chi connectivity index (χ0) is 19.1. The number of fused-ring (bicyclic) bond motifs is 1.